The van der Waals surface area contributed by atoms with E-state index in [9.17, 15) is 9.59 Å². The van der Waals surface area contributed by atoms with Crippen LogP contribution < -0.4 is 14.8 Å². The number of benzene rings is 1. The number of amides is 2. The highest BCUT2D eigenvalue weighted by Crippen LogP contribution is 2.35. The molecule has 0 radical (unpaired) electrons. The second-order valence-electron chi connectivity index (χ2n) is 6.06. The van der Waals surface area contributed by atoms with E-state index in [4.69, 9.17) is 9.47 Å². The van der Waals surface area contributed by atoms with Crippen molar-refractivity contribution in [3.8, 4) is 11.5 Å². The third-order valence-electron chi connectivity index (χ3n) is 4.50. The van der Waals surface area contributed by atoms with Gasteiger partial charge in [0.05, 0.1) is 20.1 Å². The number of methoxy groups -OCH3 is 2. The molecule has 1 fully saturated rings. The van der Waals surface area contributed by atoms with Crippen molar-refractivity contribution in [1.29, 1.82) is 0 Å². The molecule has 2 amide bonds. The molecule has 24 heavy (non-hydrogen) atoms. The molecular weight excluding hydrogens is 308 g/mol. The smallest absolute Gasteiger partial charge is 0.224 e. The van der Waals surface area contributed by atoms with E-state index in [1.807, 2.05) is 25.1 Å². The molecule has 1 saturated heterocycles. The summed E-state index contributed by atoms with van der Waals surface area (Å²) in [6, 6.07) is 5.77. The lowest BCUT2D eigenvalue weighted by molar-refractivity contribution is -0.134. The van der Waals surface area contributed by atoms with E-state index in [2.05, 4.69) is 5.32 Å². The normalized spacial score (nSPS) is 20.4. The van der Waals surface area contributed by atoms with Crippen molar-refractivity contribution in [2.75, 3.05) is 33.9 Å². The molecule has 6 heteroatoms. The summed E-state index contributed by atoms with van der Waals surface area (Å²) in [7, 11) is 3.20. The van der Waals surface area contributed by atoms with Crippen molar-refractivity contribution in [1.82, 2.24) is 10.2 Å². The summed E-state index contributed by atoms with van der Waals surface area (Å²) >= 11 is 0. The van der Waals surface area contributed by atoms with Gasteiger partial charge in [0.25, 0.3) is 0 Å². The van der Waals surface area contributed by atoms with Crippen molar-refractivity contribution in [3.63, 3.8) is 0 Å². The van der Waals surface area contributed by atoms with Gasteiger partial charge in [-0.1, -0.05) is 6.07 Å². The quantitative estimate of drug-likeness (QED) is 0.891. The van der Waals surface area contributed by atoms with Crippen molar-refractivity contribution >= 4 is 11.8 Å². The Hall–Kier alpha value is -2.24. The van der Waals surface area contributed by atoms with Gasteiger partial charge in [-0.3, -0.25) is 9.59 Å². The number of rotatable bonds is 5. The van der Waals surface area contributed by atoms with Crippen LogP contribution in [-0.4, -0.2) is 50.6 Å². The summed E-state index contributed by atoms with van der Waals surface area (Å²) in [4.78, 5) is 25.9. The van der Waals surface area contributed by atoms with Crippen LogP contribution in [0.4, 0.5) is 0 Å². The Morgan fingerprint density at radius 2 is 1.92 bits per heavy atom. The maximum absolute atomic E-state index is 12.3. The number of nitrogens with one attached hydrogen (secondary N) is 1. The van der Waals surface area contributed by atoms with E-state index < -0.39 is 0 Å². The number of carbonyl (C=O) groups excluding carboxylic acids is 2. The van der Waals surface area contributed by atoms with Gasteiger partial charge in [-0.2, -0.15) is 0 Å². The molecule has 1 aliphatic rings. The number of ether oxygens (including phenoxy) is 2. The molecule has 2 rings (SSSR count). The largest absolute Gasteiger partial charge is 0.493 e. The molecule has 6 nitrogen and oxygen atoms in total. The summed E-state index contributed by atoms with van der Waals surface area (Å²) in [5.41, 5.74) is 1.05. The zero-order chi connectivity index (χ0) is 17.7. The van der Waals surface area contributed by atoms with E-state index >= 15 is 0 Å². The van der Waals surface area contributed by atoms with Crippen LogP contribution in [0.2, 0.25) is 0 Å². The molecule has 1 N–H and O–H groups in total. The number of carbonyl (C=O) groups is 2. The lowest BCUT2D eigenvalue weighted by Crippen LogP contribution is -2.47. The maximum atomic E-state index is 12.3. The standard InChI is InChI=1S/C18H26N2O4/c1-5-19-18(22)15-8-14(10-20(11-15)12(2)21)13-6-7-16(23-3)17(9-13)24-4/h6-7,9,14-15H,5,8,10-11H2,1-4H3,(H,19,22)/t14-,15-/m0/s1. The van der Waals surface area contributed by atoms with Gasteiger partial charge in [0.2, 0.25) is 11.8 Å². The third kappa shape index (κ3) is 3.99. The minimum absolute atomic E-state index is 0.00512. The second kappa shape index (κ2) is 8.04. The summed E-state index contributed by atoms with van der Waals surface area (Å²) in [6.07, 6.45) is 0.713. The van der Waals surface area contributed by atoms with Crippen molar-refractivity contribution in [2.45, 2.75) is 26.2 Å². The Balaban J connectivity index is 2.27. The lowest BCUT2D eigenvalue weighted by Gasteiger charge is -2.37. The molecule has 1 heterocycles. The topological polar surface area (TPSA) is 67.9 Å². The van der Waals surface area contributed by atoms with Crippen LogP contribution in [0.15, 0.2) is 18.2 Å². The lowest BCUT2D eigenvalue weighted by atomic mass is 9.84. The zero-order valence-electron chi connectivity index (χ0n) is 14.8. The van der Waals surface area contributed by atoms with Gasteiger partial charge < -0.3 is 19.7 Å². The molecule has 0 spiro atoms. The number of nitrogens with zero attached hydrogens (tertiary/aromatic N) is 1. The van der Waals surface area contributed by atoms with Crippen LogP contribution in [0.1, 0.15) is 31.7 Å². The van der Waals surface area contributed by atoms with Crippen LogP contribution in [0.25, 0.3) is 0 Å². The third-order valence-corrected chi connectivity index (χ3v) is 4.50. The van der Waals surface area contributed by atoms with Gasteiger partial charge in [0.1, 0.15) is 0 Å². The first kappa shape index (κ1) is 18.1. The van der Waals surface area contributed by atoms with Crippen LogP contribution in [0.5, 0.6) is 11.5 Å². The summed E-state index contributed by atoms with van der Waals surface area (Å²) in [6.45, 7) is 5.13. The fourth-order valence-electron chi connectivity index (χ4n) is 3.21. The monoisotopic (exact) mass is 334 g/mol. The van der Waals surface area contributed by atoms with Crippen molar-refractivity contribution in [2.24, 2.45) is 5.92 Å². The molecule has 1 aromatic carbocycles. The molecule has 0 aliphatic carbocycles. The van der Waals surface area contributed by atoms with Gasteiger partial charge in [0, 0.05) is 32.5 Å². The number of likely N-dealkylation sites (tertiary alicyclic amines) is 1. The van der Waals surface area contributed by atoms with E-state index in [1.165, 1.54) is 0 Å². The van der Waals surface area contributed by atoms with Crippen molar-refractivity contribution in [3.05, 3.63) is 23.8 Å². The predicted molar refractivity (Wildman–Crippen MR) is 91.3 cm³/mol. The van der Waals surface area contributed by atoms with E-state index in [0.29, 0.717) is 37.6 Å². The minimum Gasteiger partial charge on any atom is -0.493 e. The van der Waals surface area contributed by atoms with Gasteiger partial charge in [0.15, 0.2) is 11.5 Å². The van der Waals surface area contributed by atoms with E-state index in [0.717, 1.165) is 5.56 Å². The highest BCUT2D eigenvalue weighted by Gasteiger charge is 2.33. The molecule has 1 aromatic rings. The average molecular weight is 334 g/mol. The number of piperidine rings is 1. The van der Waals surface area contributed by atoms with Crippen molar-refractivity contribution < 1.29 is 19.1 Å². The fraction of sp³-hybridized carbons (Fsp3) is 0.556. The molecular formula is C18H26N2O4. The van der Waals surface area contributed by atoms with Gasteiger partial charge in [-0.15, -0.1) is 0 Å². The second-order valence-corrected chi connectivity index (χ2v) is 6.06. The molecule has 0 unspecified atom stereocenters. The molecule has 0 bridgehead atoms. The Morgan fingerprint density at radius 3 is 2.50 bits per heavy atom. The number of hydrogen-bond donors (Lipinski definition) is 1. The van der Waals surface area contributed by atoms with Crippen LogP contribution >= 0.6 is 0 Å². The fourth-order valence-corrected chi connectivity index (χ4v) is 3.21. The Labute approximate surface area is 143 Å². The molecule has 0 aromatic heterocycles. The SMILES string of the molecule is CCNC(=O)[C@H]1C[C@H](c2ccc(OC)c(OC)c2)CN(C(C)=O)C1. The first-order valence-electron chi connectivity index (χ1n) is 8.25. The average Bonchev–Trinajstić information content (AvgIpc) is 2.60. The highest BCUT2D eigenvalue weighted by molar-refractivity contribution is 5.80. The Morgan fingerprint density at radius 1 is 1.21 bits per heavy atom. The summed E-state index contributed by atoms with van der Waals surface area (Å²) in [5.74, 6) is 1.23. The first-order chi connectivity index (χ1) is 11.5. The zero-order valence-corrected chi connectivity index (χ0v) is 14.8. The molecule has 2 atom stereocenters. The Kier molecular flexibility index (Phi) is 6.06. The number of hydrogen-bond acceptors (Lipinski definition) is 4. The van der Waals surface area contributed by atoms with E-state index in [1.54, 1.807) is 26.0 Å². The predicted octanol–water partition coefficient (Wildman–Crippen LogP) is 1.79. The highest BCUT2D eigenvalue weighted by atomic mass is 16.5. The molecule has 132 valence electrons. The van der Waals surface area contributed by atoms with Gasteiger partial charge in [-0.25, -0.2) is 0 Å². The Bertz CT molecular complexity index is 603. The minimum atomic E-state index is -0.194. The molecule has 0 saturated carbocycles. The van der Waals surface area contributed by atoms with Gasteiger partial charge in [-0.05, 0) is 31.0 Å². The van der Waals surface area contributed by atoms with E-state index in [-0.39, 0.29) is 23.7 Å². The summed E-state index contributed by atoms with van der Waals surface area (Å²) < 4.78 is 10.6. The maximum Gasteiger partial charge on any atom is 0.224 e. The molecule has 1 aliphatic heterocycles. The first-order valence-corrected chi connectivity index (χ1v) is 8.25. The van der Waals surface area contributed by atoms with Crippen LogP contribution in [-0.2, 0) is 9.59 Å². The van der Waals surface area contributed by atoms with Crippen LogP contribution in [0.3, 0.4) is 0 Å². The van der Waals surface area contributed by atoms with Crippen LogP contribution in [0, 0.1) is 5.92 Å². The summed E-state index contributed by atoms with van der Waals surface area (Å²) in [5, 5.41) is 2.87. The van der Waals surface area contributed by atoms with Gasteiger partial charge >= 0.3 is 0 Å².